The third-order valence-corrected chi connectivity index (χ3v) is 6.02. The number of aromatic carboxylic acids is 1. The maximum absolute atomic E-state index is 14.4. The lowest BCUT2D eigenvalue weighted by molar-refractivity contribution is 0.0693. The molecular weight excluding hydrogens is 403 g/mol. The first-order valence-electron chi connectivity index (χ1n) is 8.08. The van der Waals surface area contributed by atoms with E-state index in [1.807, 2.05) is 19.2 Å². The molecule has 0 atom stereocenters. The quantitative estimate of drug-likeness (QED) is 0.509. The number of carbonyl (C=O) groups is 1. The summed E-state index contributed by atoms with van der Waals surface area (Å²) in [5.74, 6) is -2.65. The number of phenols is 1. The lowest BCUT2D eigenvalue weighted by atomic mass is 10.1. The molecule has 1 aromatic carbocycles. The zero-order chi connectivity index (χ0) is 19.8. The molecule has 0 fully saturated rings. The SMILES string of the molecule is Cc1nc(Cn2cccn2)sc1-c1csc(-c2cc(O)c(C(=O)O)cc2F)n1. The van der Waals surface area contributed by atoms with Gasteiger partial charge in [-0.1, -0.05) is 0 Å². The Hall–Kier alpha value is -3.11. The van der Waals surface area contributed by atoms with Crippen LogP contribution in [0.4, 0.5) is 4.39 Å². The fraction of sp³-hybridized carbons (Fsp3) is 0.111. The van der Waals surface area contributed by atoms with E-state index in [0.29, 0.717) is 17.2 Å². The number of carboxylic acid groups (broad SMARTS) is 1. The highest BCUT2D eigenvalue weighted by atomic mass is 32.1. The van der Waals surface area contributed by atoms with E-state index in [2.05, 4.69) is 15.1 Å². The summed E-state index contributed by atoms with van der Waals surface area (Å²) in [7, 11) is 0. The lowest BCUT2D eigenvalue weighted by Crippen LogP contribution is -1.98. The summed E-state index contributed by atoms with van der Waals surface area (Å²) in [6.45, 7) is 2.43. The van der Waals surface area contributed by atoms with Crippen molar-refractivity contribution in [1.82, 2.24) is 19.7 Å². The maximum atomic E-state index is 14.4. The number of rotatable bonds is 5. The van der Waals surface area contributed by atoms with E-state index in [-0.39, 0.29) is 5.56 Å². The van der Waals surface area contributed by atoms with Crippen molar-refractivity contribution in [2.75, 3.05) is 0 Å². The average molecular weight is 416 g/mol. The van der Waals surface area contributed by atoms with Crippen molar-refractivity contribution < 1.29 is 19.4 Å². The number of thiazole rings is 2. The summed E-state index contributed by atoms with van der Waals surface area (Å²) in [6, 6.07) is 3.73. The van der Waals surface area contributed by atoms with Crippen molar-refractivity contribution in [2.45, 2.75) is 13.5 Å². The van der Waals surface area contributed by atoms with E-state index in [4.69, 9.17) is 5.11 Å². The lowest BCUT2D eigenvalue weighted by Gasteiger charge is -2.04. The third-order valence-electron chi connectivity index (χ3n) is 3.98. The Morgan fingerprint density at radius 2 is 2.14 bits per heavy atom. The van der Waals surface area contributed by atoms with Crippen LogP contribution in [0.25, 0.3) is 21.1 Å². The Balaban J connectivity index is 1.66. The predicted octanol–water partition coefficient (Wildman–Crippen LogP) is 4.03. The Morgan fingerprint density at radius 1 is 1.32 bits per heavy atom. The second-order valence-electron chi connectivity index (χ2n) is 5.92. The van der Waals surface area contributed by atoms with Gasteiger partial charge in [-0.15, -0.1) is 22.7 Å². The fourth-order valence-corrected chi connectivity index (χ4v) is 4.61. The molecule has 0 bridgehead atoms. The fourth-order valence-electron chi connectivity index (χ4n) is 2.69. The first kappa shape index (κ1) is 18.3. The number of aromatic hydroxyl groups is 1. The Kier molecular flexibility index (Phi) is 4.65. The second-order valence-corrected chi connectivity index (χ2v) is 7.86. The van der Waals surface area contributed by atoms with Gasteiger partial charge in [-0.3, -0.25) is 4.68 Å². The van der Waals surface area contributed by atoms with Crippen LogP contribution in [0.2, 0.25) is 0 Å². The van der Waals surface area contributed by atoms with Gasteiger partial charge >= 0.3 is 5.97 Å². The van der Waals surface area contributed by atoms with Crippen molar-refractivity contribution in [3.63, 3.8) is 0 Å². The van der Waals surface area contributed by atoms with Crippen LogP contribution < -0.4 is 0 Å². The van der Waals surface area contributed by atoms with Gasteiger partial charge in [-0.2, -0.15) is 5.10 Å². The molecule has 10 heteroatoms. The van der Waals surface area contributed by atoms with E-state index in [1.165, 1.54) is 22.7 Å². The molecule has 3 aromatic heterocycles. The molecule has 3 heterocycles. The summed E-state index contributed by atoms with van der Waals surface area (Å²) in [5.41, 5.74) is 1.04. The van der Waals surface area contributed by atoms with Crippen LogP contribution in [0, 0.1) is 12.7 Å². The van der Waals surface area contributed by atoms with E-state index >= 15 is 0 Å². The zero-order valence-electron chi connectivity index (χ0n) is 14.5. The van der Waals surface area contributed by atoms with Crippen molar-refractivity contribution in [2.24, 2.45) is 0 Å². The van der Waals surface area contributed by atoms with Crippen molar-refractivity contribution in [3.8, 4) is 26.9 Å². The molecular formula is C18H13FN4O3S2. The maximum Gasteiger partial charge on any atom is 0.339 e. The van der Waals surface area contributed by atoms with Crippen LogP contribution in [0.5, 0.6) is 5.75 Å². The topological polar surface area (TPSA) is 101 Å². The van der Waals surface area contributed by atoms with Crippen LogP contribution in [0.15, 0.2) is 36.0 Å². The van der Waals surface area contributed by atoms with Crippen molar-refractivity contribution >= 4 is 28.6 Å². The molecule has 0 radical (unpaired) electrons. The molecule has 0 amide bonds. The first-order chi connectivity index (χ1) is 13.4. The minimum atomic E-state index is -1.40. The molecule has 0 spiro atoms. The van der Waals surface area contributed by atoms with Gasteiger partial charge in [0.1, 0.15) is 27.1 Å². The number of aromatic nitrogens is 4. The largest absolute Gasteiger partial charge is 0.507 e. The summed E-state index contributed by atoms with van der Waals surface area (Å²) in [5, 5.41) is 26.0. The van der Waals surface area contributed by atoms with Gasteiger partial charge in [0.15, 0.2) is 0 Å². The summed E-state index contributed by atoms with van der Waals surface area (Å²) in [4.78, 5) is 20.9. The molecule has 28 heavy (non-hydrogen) atoms. The van der Waals surface area contributed by atoms with Crippen LogP contribution in [-0.4, -0.2) is 35.9 Å². The van der Waals surface area contributed by atoms with Crippen molar-refractivity contribution in [3.05, 3.63) is 58.1 Å². The van der Waals surface area contributed by atoms with Crippen LogP contribution >= 0.6 is 22.7 Å². The number of hydrogen-bond donors (Lipinski definition) is 2. The number of halogens is 1. The number of nitrogens with zero attached hydrogens (tertiary/aromatic N) is 4. The second kappa shape index (κ2) is 7.13. The Morgan fingerprint density at radius 3 is 2.86 bits per heavy atom. The van der Waals surface area contributed by atoms with Gasteiger partial charge < -0.3 is 10.2 Å². The van der Waals surface area contributed by atoms with Gasteiger partial charge in [-0.05, 0) is 25.1 Å². The number of hydrogen-bond acceptors (Lipinski definition) is 7. The average Bonchev–Trinajstić information content (AvgIpc) is 3.38. The number of carboxylic acids is 1. The van der Waals surface area contributed by atoms with Crippen LogP contribution in [0.3, 0.4) is 0 Å². The van der Waals surface area contributed by atoms with E-state index in [1.54, 1.807) is 16.3 Å². The molecule has 0 unspecified atom stereocenters. The Bertz CT molecular complexity index is 1170. The standard InChI is InChI=1S/C18H13FN4O3S2/c1-9-16(28-15(21-9)7-23-4-2-3-20-23)13-8-27-17(22-13)10-6-14(24)11(18(25)26)5-12(10)19/h2-6,8,24H,7H2,1H3,(H,25,26). The zero-order valence-corrected chi connectivity index (χ0v) is 16.1. The van der Waals surface area contributed by atoms with Crippen molar-refractivity contribution in [1.29, 1.82) is 0 Å². The summed E-state index contributed by atoms with van der Waals surface area (Å²) < 4.78 is 16.1. The Labute approximate surface area is 166 Å². The van der Waals surface area contributed by atoms with Gasteiger partial charge in [0.25, 0.3) is 0 Å². The number of benzene rings is 1. The number of aryl methyl sites for hydroxylation is 1. The highest BCUT2D eigenvalue weighted by molar-refractivity contribution is 7.16. The van der Waals surface area contributed by atoms with Gasteiger partial charge in [0.2, 0.25) is 0 Å². The molecule has 0 aliphatic heterocycles. The molecule has 142 valence electrons. The molecule has 0 saturated carbocycles. The smallest absolute Gasteiger partial charge is 0.339 e. The summed E-state index contributed by atoms with van der Waals surface area (Å²) >= 11 is 2.69. The molecule has 4 rings (SSSR count). The van der Waals surface area contributed by atoms with Gasteiger partial charge in [0, 0.05) is 23.3 Å². The van der Waals surface area contributed by atoms with Crippen LogP contribution in [-0.2, 0) is 6.54 Å². The highest BCUT2D eigenvalue weighted by Crippen LogP contribution is 2.36. The molecule has 0 aliphatic rings. The molecule has 4 aromatic rings. The highest BCUT2D eigenvalue weighted by Gasteiger charge is 2.19. The van der Waals surface area contributed by atoms with E-state index in [9.17, 15) is 14.3 Å². The van der Waals surface area contributed by atoms with Gasteiger partial charge in [-0.25, -0.2) is 19.2 Å². The van der Waals surface area contributed by atoms with E-state index < -0.39 is 23.1 Å². The minimum Gasteiger partial charge on any atom is -0.507 e. The predicted molar refractivity (Wildman–Crippen MR) is 103 cm³/mol. The third kappa shape index (κ3) is 3.39. The molecule has 0 aliphatic carbocycles. The van der Waals surface area contributed by atoms with Gasteiger partial charge in [0.05, 0.1) is 22.8 Å². The normalized spacial score (nSPS) is 11.1. The first-order valence-corrected chi connectivity index (χ1v) is 9.78. The summed E-state index contributed by atoms with van der Waals surface area (Å²) in [6.07, 6.45) is 3.56. The minimum absolute atomic E-state index is 0.0534. The monoisotopic (exact) mass is 416 g/mol. The molecule has 2 N–H and O–H groups in total. The van der Waals surface area contributed by atoms with Crippen LogP contribution in [0.1, 0.15) is 21.1 Å². The molecule has 7 nitrogen and oxygen atoms in total. The van der Waals surface area contributed by atoms with E-state index in [0.717, 1.165) is 27.7 Å². The molecule has 0 saturated heterocycles.